The Morgan fingerprint density at radius 3 is 2.62 bits per heavy atom. The van der Waals surface area contributed by atoms with Gasteiger partial charge >= 0.3 is 0 Å². The molecule has 1 aromatic heterocycles. The van der Waals surface area contributed by atoms with Gasteiger partial charge in [0.25, 0.3) is 0 Å². The Hall–Kier alpha value is -1.65. The highest BCUT2D eigenvalue weighted by Crippen LogP contribution is 2.18. The number of Topliss-reactive ketones (excluding diaryl/α,β-unsaturated/α-hetero) is 1. The van der Waals surface area contributed by atoms with E-state index in [-0.39, 0.29) is 5.78 Å². The number of ether oxygens (including phenoxy) is 1. The average Bonchev–Trinajstić information content (AvgIpc) is 2.97. The molecule has 0 saturated carbocycles. The highest BCUT2D eigenvalue weighted by molar-refractivity contribution is 7.09. The highest BCUT2D eigenvalue weighted by atomic mass is 32.1. The molecule has 0 amide bonds. The zero-order valence-electron chi connectivity index (χ0n) is 12.5. The molecule has 0 unspecified atom stereocenters. The number of hydrogen-bond acceptors (Lipinski definition) is 4. The van der Waals surface area contributed by atoms with E-state index in [1.165, 1.54) is 10.4 Å². The molecule has 2 rings (SSSR count). The van der Waals surface area contributed by atoms with Gasteiger partial charge in [0.15, 0.2) is 0 Å². The molecule has 1 aromatic carbocycles. The monoisotopic (exact) mass is 303 g/mol. The number of carbonyl (C=O) groups is 1. The van der Waals surface area contributed by atoms with Crippen LogP contribution in [-0.4, -0.2) is 31.0 Å². The van der Waals surface area contributed by atoms with E-state index in [9.17, 15) is 4.79 Å². The Balaban J connectivity index is 1.78. The third-order valence-corrected chi connectivity index (χ3v) is 4.06. The van der Waals surface area contributed by atoms with Crippen molar-refractivity contribution in [1.82, 2.24) is 4.90 Å². The van der Waals surface area contributed by atoms with Crippen LogP contribution < -0.4 is 4.74 Å². The molecule has 0 bridgehead atoms. The van der Waals surface area contributed by atoms with Crippen LogP contribution in [0.15, 0.2) is 41.8 Å². The highest BCUT2D eigenvalue weighted by Gasteiger charge is 2.02. The summed E-state index contributed by atoms with van der Waals surface area (Å²) < 4.78 is 5.71. The predicted octanol–water partition coefficient (Wildman–Crippen LogP) is 3.59. The molecular weight excluding hydrogens is 282 g/mol. The molecule has 3 nitrogen and oxygen atoms in total. The van der Waals surface area contributed by atoms with Gasteiger partial charge in [-0.05, 0) is 43.1 Å². The number of rotatable bonds is 8. The van der Waals surface area contributed by atoms with Gasteiger partial charge < -0.3 is 4.74 Å². The fourth-order valence-corrected chi connectivity index (χ4v) is 2.65. The van der Waals surface area contributed by atoms with Crippen LogP contribution in [0, 0.1) is 0 Å². The molecule has 0 atom stereocenters. The predicted molar refractivity (Wildman–Crippen MR) is 87.0 cm³/mol. The van der Waals surface area contributed by atoms with E-state index in [4.69, 9.17) is 4.74 Å². The van der Waals surface area contributed by atoms with Gasteiger partial charge in [-0.15, -0.1) is 11.3 Å². The first-order valence-electron chi connectivity index (χ1n) is 7.05. The molecule has 0 N–H and O–H groups in total. The number of carbonyl (C=O) groups excluding carboxylic acids is 1. The smallest absolute Gasteiger partial charge is 0.141 e. The van der Waals surface area contributed by atoms with E-state index < -0.39 is 0 Å². The summed E-state index contributed by atoms with van der Waals surface area (Å²) in [7, 11) is 1.95. The van der Waals surface area contributed by atoms with Gasteiger partial charge in [-0.1, -0.05) is 18.2 Å². The van der Waals surface area contributed by atoms with Gasteiger partial charge in [-0.3, -0.25) is 9.69 Å². The van der Waals surface area contributed by atoms with E-state index in [0.717, 1.165) is 18.7 Å². The average molecular weight is 303 g/mol. The minimum atomic E-state index is 0.208. The maximum atomic E-state index is 10.9. The van der Waals surface area contributed by atoms with Crippen LogP contribution in [0.3, 0.4) is 0 Å². The lowest BCUT2D eigenvalue weighted by atomic mass is 10.1. The van der Waals surface area contributed by atoms with Gasteiger partial charge in [0.1, 0.15) is 18.3 Å². The maximum absolute atomic E-state index is 10.9. The van der Waals surface area contributed by atoms with Crippen LogP contribution in [-0.2, 0) is 11.2 Å². The summed E-state index contributed by atoms with van der Waals surface area (Å²) in [5, 5.41) is 2.10. The third kappa shape index (κ3) is 5.69. The first-order chi connectivity index (χ1) is 10.1. The van der Waals surface area contributed by atoms with Crippen LogP contribution in [0.5, 0.6) is 5.75 Å². The summed E-state index contributed by atoms with van der Waals surface area (Å²) in [6.45, 7) is 2.84. The van der Waals surface area contributed by atoms with Gasteiger partial charge in [0.2, 0.25) is 0 Å². The maximum Gasteiger partial charge on any atom is 0.141 e. The van der Waals surface area contributed by atoms with Crippen LogP contribution in [0.4, 0.5) is 0 Å². The van der Waals surface area contributed by atoms with Crippen LogP contribution in [0.25, 0.3) is 0 Å². The summed E-state index contributed by atoms with van der Waals surface area (Å²) in [5.41, 5.74) is 1.29. The van der Waals surface area contributed by atoms with Crippen molar-refractivity contribution in [3.63, 3.8) is 0 Å². The fraction of sp³-hybridized carbons (Fsp3) is 0.353. The molecule has 2 aromatic rings. The second-order valence-electron chi connectivity index (χ2n) is 5.21. The Morgan fingerprint density at radius 2 is 2.00 bits per heavy atom. The molecule has 0 aliphatic carbocycles. The molecular formula is C17H21NO2S. The van der Waals surface area contributed by atoms with Crippen LogP contribution in [0.1, 0.15) is 23.8 Å². The number of ketones is 1. The van der Waals surface area contributed by atoms with Crippen molar-refractivity contribution < 1.29 is 9.53 Å². The molecule has 1 heterocycles. The number of benzene rings is 1. The van der Waals surface area contributed by atoms with Gasteiger partial charge in [0.05, 0.1) is 0 Å². The topological polar surface area (TPSA) is 29.5 Å². The van der Waals surface area contributed by atoms with Crippen molar-refractivity contribution in [1.29, 1.82) is 0 Å². The Morgan fingerprint density at radius 1 is 1.24 bits per heavy atom. The molecule has 112 valence electrons. The molecule has 0 aliphatic rings. The SMILES string of the molecule is CC(=O)CCN(C)COc1ccc(Cc2cccs2)cc1. The summed E-state index contributed by atoms with van der Waals surface area (Å²) in [6.07, 6.45) is 1.54. The number of thiophene rings is 1. The van der Waals surface area contributed by atoms with Crippen molar-refractivity contribution in [3.8, 4) is 5.75 Å². The molecule has 0 spiro atoms. The van der Waals surface area contributed by atoms with Crippen molar-refractivity contribution in [2.45, 2.75) is 19.8 Å². The lowest BCUT2D eigenvalue weighted by molar-refractivity contribution is -0.117. The Labute approximate surface area is 130 Å². The fourth-order valence-electron chi connectivity index (χ4n) is 1.92. The Bertz CT molecular complexity index is 549. The van der Waals surface area contributed by atoms with E-state index in [1.807, 2.05) is 24.1 Å². The number of hydrogen-bond donors (Lipinski definition) is 0. The minimum Gasteiger partial charge on any atom is -0.478 e. The second-order valence-corrected chi connectivity index (χ2v) is 6.24. The first kappa shape index (κ1) is 15.7. The Kier molecular flexibility index (Phi) is 5.96. The van der Waals surface area contributed by atoms with Crippen LogP contribution in [0.2, 0.25) is 0 Å². The van der Waals surface area contributed by atoms with E-state index in [0.29, 0.717) is 13.2 Å². The zero-order chi connectivity index (χ0) is 15.1. The van der Waals surface area contributed by atoms with E-state index in [2.05, 4.69) is 29.6 Å². The summed E-state index contributed by atoms with van der Waals surface area (Å²) in [4.78, 5) is 14.3. The molecule has 0 fully saturated rings. The number of nitrogens with zero attached hydrogens (tertiary/aromatic N) is 1. The second kappa shape index (κ2) is 7.96. The third-order valence-electron chi connectivity index (χ3n) is 3.18. The summed E-state index contributed by atoms with van der Waals surface area (Å²) in [5.74, 6) is 1.07. The first-order valence-corrected chi connectivity index (χ1v) is 7.93. The molecule has 4 heteroatoms. The van der Waals surface area contributed by atoms with E-state index in [1.54, 1.807) is 18.3 Å². The van der Waals surface area contributed by atoms with Gasteiger partial charge in [-0.25, -0.2) is 0 Å². The zero-order valence-corrected chi connectivity index (χ0v) is 13.4. The van der Waals surface area contributed by atoms with Crippen molar-refractivity contribution in [2.24, 2.45) is 0 Å². The van der Waals surface area contributed by atoms with Crippen molar-refractivity contribution in [3.05, 3.63) is 52.2 Å². The lowest BCUT2D eigenvalue weighted by Gasteiger charge is -2.16. The largest absolute Gasteiger partial charge is 0.478 e. The van der Waals surface area contributed by atoms with Crippen molar-refractivity contribution in [2.75, 3.05) is 20.3 Å². The van der Waals surface area contributed by atoms with Crippen LogP contribution >= 0.6 is 11.3 Å². The van der Waals surface area contributed by atoms with E-state index >= 15 is 0 Å². The molecule has 0 radical (unpaired) electrons. The molecule has 0 saturated heterocycles. The normalized spacial score (nSPS) is 10.8. The van der Waals surface area contributed by atoms with Gasteiger partial charge in [0, 0.05) is 24.3 Å². The summed E-state index contributed by atoms with van der Waals surface area (Å²) in [6, 6.07) is 12.4. The summed E-state index contributed by atoms with van der Waals surface area (Å²) >= 11 is 1.78. The quantitative estimate of drug-likeness (QED) is 0.698. The molecule has 0 aliphatic heterocycles. The van der Waals surface area contributed by atoms with Crippen molar-refractivity contribution >= 4 is 17.1 Å². The lowest BCUT2D eigenvalue weighted by Crippen LogP contribution is -2.25. The molecule has 21 heavy (non-hydrogen) atoms. The standard InChI is InChI=1S/C17H21NO2S/c1-14(19)9-10-18(2)13-20-16-7-5-15(6-8-16)12-17-4-3-11-21-17/h3-8,11H,9-10,12-13H2,1-2H3. The van der Waals surface area contributed by atoms with Gasteiger partial charge in [-0.2, -0.15) is 0 Å². The minimum absolute atomic E-state index is 0.208.